The molecule has 0 saturated heterocycles. The Morgan fingerprint density at radius 3 is 2.68 bits per heavy atom. The van der Waals surface area contributed by atoms with Gasteiger partial charge in [-0.3, -0.25) is 9.36 Å². The van der Waals surface area contributed by atoms with Crippen LogP contribution in [0, 0.1) is 6.92 Å². The van der Waals surface area contributed by atoms with Crippen molar-refractivity contribution >= 4 is 22.9 Å². The lowest BCUT2D eigenvalue weighted by atomic mass is 10.1. The van der Waals surface area contributed by atoms with Crippen molar-refractivity contribution in [3.8, 4) is 0 Å². The molecule has 3 rings (SSSR count). The summed E-state index contributed by atoms with van der Waals surface area (Å²) in [5.74, 6) is -0.367. The molecule has 0 unspecified atom stereocenters. The van der Waals surface area contributed by atoms with Crippen LogP contribution in [0.3, 0.4) is 0 Å². The van der Waals surface area contributed by atoms with Crippen molar-refractivity contribution in [2.75, 3.05) is 0 Å². The zero-order valence-electron chi connectivity index (χ0n) is 13.8. The Morgan fingerprint density at radius 1 is 1.20 bits per heavy atom. The molecule has 0 aliphatic rings. The van der Waals surface area contributed by atoms with Crippen LogP contribution < -0.4 is 5.56 Å². The molecule has 0 saturated carbocycles. The lowest BCUT2D eigenvalue weighted by Crippen LogP contribution is -2.24. The Bertz CT molecular complexity index is 1000. The molecule has 5 heteroatoms. The van der Waals surface area contributed by atoms with Crippen molar-refractivity contribution in [1.82, 2.24) is 9.55 Å². The first-order valence-corrected chi connectivity index (χ1v) is 8.01. The van der Waals surface area contributed by atoms with Crippen LogP contribution in [0.15, 0.2) is 59.4 Å². The zero-order chi connectivity index (χ0) is 17.8. The molecular formula is C20H18N2O3. The fraction of sp³-hybridized carbons (Fsp3) is 0.150. The minimum atomic E-state index is -1.01. The third kappa shape index (κ3) is 3.83. The van der Waals surface area contributed by atoms with Gasteiger partial charge in [0.2, 0.25) is 0 Å². The van der Waals surface area contributed by atoms with E-state index in [-0.39, 0.29) is 5.56 Å². The summed E-state index contributed by atoms with van der Waals surface area (Å²) < 4.78 is 1.68. The quantitative estimate of drug-likeness (QED) is 0.728. The number of aliphatic carboxylic acids is 1. The van der Waals surface area contributed by atoms with Crippen molar-refractivity contribution in [3.05, 3.63) is 81.9 Å². The number of carboxylic acids is 1. The maximum absolute atomic E-state index is 12.8. The summed E-state index contributed by atoms with van der Waals surface area (Å²) in [7, 11) is 0. The topological polar surface area (TPSA) is 72.2 Å². The van der Waals surface area contributed by atoms with Gasteiger partial charge in [0, 0.05) is 12.6 Å². The monoisotopic (exact) mass is 334 g/mol. The number of nitrogens with zero attached hydrogens (tertiary/aromatic N) is 2. The van der Waals surface area contributed by atoms with Crippen LogP contribution in [-0.2, 0) is 17.8 Å². The molecule has 3 aromatic rings. The molecule has 0 bridgehead atoms. The molecule has 0 aliphatic carbocycles. The van der Waals surface area contributed by atoms with Crippen molar-refractivity contribution in [2.45, 2.75) is 19.9 Å². The second-order valence-electron chi connectivity index (χ2n) is 5.80. The van der Waals surface area contributed by atoms with Crippen LogP contribution in [0.2, 0.25) is 0 Å². The molecule has 0 spiro atoms. The van der Waals surface area contributed by atoms with Crippen molar-refractivity contribution < 1.29 is 9.90 Å². The third-order valence-corrected chi connectivity index (χ3v) is 4.06. The Labute approximate surface area is 144 Å². The fourth-order valence-corrected chi connectivity index (χ4v) is 2.77. The van der Waals surface area contributed by atoms with Gasteiger partial charge in [0.15, 0.2) is 0 Å². The summed E-state index contributed by atoms with van der Waals surface area (Å²) in [6, 6.07) is 15.2. The predicted molar refractivity (Wildman–Crippen MR) is 97.6 cm³/mol. The summed E-state index contributed by atoms with van der Waals surface area (Å²) in [5, 5.41) is 9.24. The summed E-state index contributed by atoms with van der Waals surface area (Å²) in [6.07, 6.45) is 3.31. The van der Waals surface area contributed by atoms with Crippen LogP contribution in [0.25, 0.3) is 17.0 Å². The SMILES string of the molecule is Cc1nc2cc(/C=C/C(=O)O)ccc2c(=O)n1CCc1ccccc1. The van der Waals surface area contributed by atoms with E-state index >= 15 is 0 Å². The summed E-state index contributed by atoms with van der Waals surface area (Å²) in [5.41, 5.74) is 2.37. The molecular weight excluding hydrogens is 316 g/mol. The largest absolute Gasteiger partial charge is 0.478 e. The van der Waals surface area contributed by atoms with Crippen molar-refractivity contribution in [2.24, 2.45) is 0 Å². The smallest absolute Gasteiger partial charge is 0.328 e. The number of fused-ring (bicyclic) bond motifs is 1. The van der Waals surface area contributed by atoms with E-state index in [0.29, 0.717) is 28.8 Å². The molecule has 126 valence electrons. The minimum Gasteiger partial charge on any atom is -0.478 e. The lowest BCUT2D eigenvalue weighted by molar-refractivity contribution is -0.131. The summed E-state index contributed by atoms with van der Waals surface area (Å²) in [6.45, 7) is 2.38. The van der Waals surface area contributed by atoms with E-state index in [1.54, 1.807) is 22.8 Å². The molecule has 0 amide bonds. The first-order chi connectivity index (χ1) is 12.0. The fourth-order valence-electron chi connectivity index (χ4n) is 2.77. The maximum Gasteiger partial charge on any atom is 0.328 e. The molecule has 1 aromatic heterocycles. The average molecular weight is 334 g/mol. The average Bonchev–Trinajstić information content (AvgIpc) is 2.60. The number of benzene rings is 2. The van der Waals surface area contributed by atoms with Crippen LogP contribution in [0.5, 0.6) is 0 Å². The van der Waals surface area contributed by atoms with E-state index in [1.165, 1.54) is 11.6 Å². The molecule has 0 atom stereocenters. The van der Waals surface area contributed by atoms with E-state index in [1.807, 2.05) is 37.3 Å². The molecule has 5 nitrogen and oxygen atoms in total. The van der Waals surface area contributed by atoms with Gasteiger partial charge in [-0.1, -0.05) is 36.4 Å². The highest BCUT2D eigenvalue weighted by Gasteiger charge is 2.08. The number of carboxylic acid groups (broad SMARTS) is 1. The predicted octanol–water partition coefficient (Wildman–Crippen LogP) is 3.05. The molecule has 25 heavy (non-hydrogen) atoms. The Morgan fingerprint density at radius 2 is 1.96 bits per heavy atom. The number of carbonyl (C=O) groups is 1. The van der Waals surface area contributed by atoms with E-state index in [9.17, 15) is 9.59 Å². The lowest BCUT2D eigenvalue weighted by Gasteiger charge is -2.11. The molecule has 0 aliphatic heterocycles. The number of rotatable bonds is 5. The van der Waals surface area contributed by atoms with Gasteiger partial charge in [-0.15, -0.1) is 0 Å². The van der Waals surface area contributed by atoms with Gasteiger partial charge in [-0.25, -0.2) is 9.78 Å². The van der Waals surface area contributed by atoms with E-state index < -0.39 is 5.97 Å². The molecule has 1 N–H and O–H groups in total. The van der Waals surface area contributed by atoms with Crippen LogP contribution in [-0.4, -0.2) is 20.6 Å². The number of hydrogen-bond acceptors (Lipinski definition) is 3. The number of aromatic nitrogens is 2. The van der Waals surface area contributed by atoms with Gasteiger partial charge in [0.1, 0.15) is 5.82 Å². The third-order valence-electron chi connectivity index (χ3n) is 4.06. The van der Waals surface area contributed by atoms with E-state index in [0.717, 1.165) is 12.5 Å². The van der Waals surface area contributed by atoms with E-state index in [4.69, 9.17) is 5.11 Å². The van der Waals surface area contributed by atoms with Crippen molar-refractivity contribution in [3.63, 3.8) is 0 Å². The molecule has 0 fully saturated rings. The van der Waals surface area contributed by atoms with Gasteiger partial charge in [0.05, 0.1) is 10.9 Å². The number of aryl methyl sites for hydroxylation is 2. The second-order valence-corrected chi connectivity index (χ2v) is 5.80. The Balaban J connectivity index is 1.94. The van der Waals surface area contributed by atoms with Crippen LogP contribution in [0.4, 0.5) is 0 Å². The molecule has 2 aromatic carbocycles. The van der Waals surface area contributed by atoms with E-state index in [2.05, 4.69) is 4.98 Å². The van der Waals surface area contributed by atoms with Gasteiger partial charge >= 0.3 is 5.97 Å². The first kappa shape index (κ1) is 16.6. The van der Waals surface area contributed by atoms with Gasteiger partial charge in [0.25, 0.3) is 5.56 Å². The highest BCUT2D eigenvalue weighted by Crippen LogP contribution is 2.13. The zero-order valence-corrected chi connectivity index (χ0v) is 13.8. The maximum atomic E-state index is 12.8. The molecule has 1 heterocycles. The number of hydrogen-bond donors (Lipinski definition) is 1. The minimum absolute atomic E-state index is 0.0767. The van der Waals surface area contributed by atoms with Crippen LogP contribution in [0.1, 0.15) is 17.0 Å². The highest BCUT2D eigenvalue weighted by atomic mass is 16.4. The molecule has 0 radical (unpaired) electrons. The van der Waals surface area contributed by atoms with Crippen LogP contribution >= 0.6 is 0 Å². The summed E-state index contributed by atoms with van der Waals surface area (Å²) in [4.78, 5) is 27.9. The standard InChI is InChI=1S/C20H18N2O3/c1-14-21-18-13-16(8-10-19(23)24)7-9-17(18)20(25)22(14)12-11-15-5-3-2-4-6-15/h2-10,13H,11-12H2,1H3,(H,23,24)/b10-8+. The normalized spacial score (nSPS) is 11.2. The highest BCUT2D eigenvalue weighted by molar-refractivity contribution is 5.87. The summed E-state index contributed by atoms with van der Waals surface area (Å²) >= 11 is 0. The van der Waals surface area contributed by atoms with Gasteiger partial charge in [-0.2, -0.15) is 0 Å². The second kappa shape index (κ2) is 7.13. The van der Waals surface area contributed by atoms with Gasteiger partial charge < -0.3 is 5.11 Å². The Kier molecular flexibility index (Phi) is 4.75. The van der Waals surface area contributed by atoms with Gasteiger partial charge in [-0.05, 0) is 42.7 Å². The van der Waals surface area contributed by atoms with Crippen molar-refractivity contribution in [1.29, 1.82) is 0 Å². The Hall–Kier alpha value is -3.21. The first-order valence-electron chi connectivity index (χ1n) is 8.01.